The molecule has 2 aromatic heterocycles. The maximum atomic E-state index is 13.3. The van der Waals surface area contributed by atoms with Gasteiger partial charge in [-0.2, -0.15) is 9.97 Å². The number of nitrogens with two attached hydrogens (primary N) is 1. The lowest BCUT2D eigenvalue weighted by molar-refractivity contribution is -0.144. The summed E-state index contributed by atoms with van der Waals surface area (Å²) in [5.41, 5.74) is 4.56. The Morgan fingerprint density at radius 3 is 2.75 bits per heavy atom. The van der Waals surface area contributed by atoms with E-state index in [-0.39, 0.29) is 30.7 Å². The average molecular weight is 549 g/mol. The number of nitrogens with zero attached hydrogens (tertiary/aromatic N) is 4. The smallest absolute Gasteiger partial charge is 0.327 e. The number of anilines is 1. The second-order valence-corrected chi connectivity index (χ2v) is 12.7. The highest BCUT2D eigenvalue weighted by Crippen LogP contribution is 2.56. The predicted molar refractivity (Wildman–Crippen MR) is 132 cm³/mol. The molecule has 0 radical (unpaired) electrons. The summed E-state index contributed by atoms with van der Waals surface area (Å²) in [6.07, 6.45) is -2.26. The quantitative estimate of drug-likeness (QED) is 0.218. The fourth-order valence-electron chi connectivity index (χ4n) is 3.70. The van der Waals surface area contributed by atoms with E-state index in [0.29, 0.717) is 17.9 Å². The third-order valence-electron chi connectivity index (χ3n) is 5.39. The van der Waals surface area contributed by atoms with Crippen molar-refractivity contribution >= 4 is 41.2 Å². The Balaban J connectivity index is 1.81. The summed E-state index contributed by atoms with van der Waals surface area (Å²) >= 11 is 0.990. The van der Waals surface area contributed by atoms with Crippen LogP contribution < -0.4 is 15.6 Å². The third-order valence-corrected chi connectivity index (χ3v) is 9.61. The van der Waals surface area contributed by atoms with Crippen LogP contribution in [0.5, 0.6) is 5.88 Å². The number of hydrogen-bond donors (Lipinski definition) is 4. The van der Waals surface area contributed by atoms with Crippen LogP contribution in [0.3, 0.4) is 0 Å². The van der Waals surface area contributed by atoms with Crippen molar-refractivity contribution < 1.29 is 38.3 Å². The lowest BCUT2D eigenvalue weighted by Gasteiger charge is -2.27. The van der Waals surface area contributed by atoms with Gasteiger partial charge >= 0.3 is 12.7 Å². The SMILES string of the molecule is CCOC(=O)[C@H](C)N[P@@](=O)(OC[C@H]1O[C@@H](n2cnc3c(OCC)nc(N)nc32)[C@](C)(O)[C@@H]1O)SCC. The molecule has 0 aromatic carbocycles. The number of ether oxygens (including phenoxy) is 3. The molecule has 0 unspecified atom stereocenters. The number of carbonyl (C=O) groups is 1. The van der Waals surface area contributed by atoms with Crippen molar-refractivity contribution in [1.29, 1.82) is 0 Å². The van der Waals surface area contributed by atoms with E-state index in [4.69, 9.17) is 24.5 Å². The fourth-order valence-corrected chi connectivity index (χ4v) is 7.31. The van der Waals surface area contributed by atoms with Gasteiger partial charge in [0.25, 0.3) is 0 Å². The molecule has 202 valence electrons. The van der Waals surface area contributed by atoms with Crippen LogP contribution in [0.25, 0.3) is 11.2 Å². The minimum Gasteiger partial charge on any atom is -0.476 e. The first kappa shape index (κ1) is 28.6. The molecule has 3 heterocycles. The van der Waals surface area contributed by atoms with Gasteiger partial charge in [-0.3, -0.25) is 13.9 Å². The van der Waals surface area contributed by atoms with Crippen LogP contribution in [-0.4, -0.2) is 85.1 Å². The Kier molecular flexibility index (Phi) is 9.20. The first-order valence-corrected chi connectivity index (χ1v) is 14.7. The molecule has 1 aliphatic rings. The molecule has 2 aromatic rings. The van der Waals surface area contributed by atoms with Crippen LogP contribution in [0.15, 0.2) is 6.33 Å². The van der Waals surface area contributed by atoms with Crippen LogP contribution >= 0.6 is 18.1 Å². The third kappa shape index (κ3) is 5.93. The van der Waals surface area contributed by atoms with Crippen molar-refractivity contribution in [1.82, 2.24) is 24.6 Å². The highest BCUT2D eigenvalue weighted by Gasteiger charge is 2.54. The van der Waals surface area contributed by atoms with Gasteiger partial charge in [0.15, 0.2) is 17.4 Å². The number of aliphatic hydroxyl groups excluding tert-OH is 1. The van der Waals surface area contributed by atoms with E-state index >= 15 is 0 Å². The van der Waals surface area contributed by atoms with Gasteiger partial charge in [0.1, 0.15) is 23.9 Å². The zero-order valence-electron chi connectivity index (χ0n) is 20.8. The van der Waals surface area contributed by atoms with Crippen molar-refractivity contribution in [2.24, 2.45) is 0 Å². The second kappa shape index (κ2) is 11.6. The number of imidazole rings is 1. The van der Waals surface area contributed by atoms with Crippen LogP contribution in [-0.2, 0) is 23.4 Å². The van der Waals surface area contributed by atoms with Crippen molar-refractivity contribution in [2.75, 3.05) is 31.3 Å². The predicted octanol–water partition coefficient (Wildman–Crippen LogP) is 1.24. The molecule has 6 atom stereocenters. The molecule has 1 saturated heterocycles. The zero-order chi connectivity index (χ0) is 26.7. The number of carbonyl (C=O) groups excluding carboxylic acids is 1. The van der Waals surface area contributed by atoms with E-state index in [2.05, 4.69) is 20.0 Å². The van der Waals surface area contributed by atoms with Gasteiger partial charge < -0.3 is 34.7 Å². The molecule has 5 N–H and O–H groups in total. The number of hydrogen-bond acceptors (Lipinski definition) is 13. The summed E-state index contributed by atoms with van der Waals surface area (Å²) in [7, 11) is 0. The summed E-state index contributed by atoms with van der Waals surface area (Å²) in [4.78, 5) is 24.5. The van der Waals surface area contributed by atoms with E-state index in [0.717, 1.165) is 11.4 Å². The Hall–Kier alpha value is -2.00. The minimum absolute atomic E-state index is 0.0647. The van der Waals surface area contributed by atoms with Crippen LogP contribution in [0.1, 0.15) is 40.8 Å². The number of fused-ring (bicyclic) bond motifs is 1. The van der Waals surface area contributed by atoms with E-state index in [1.54, 1.807) is 20.8 Å². The molecule has 14 nitrogen and oxygen atoms in total. The molecule has 0 bridgehead atoms. The summed E-state index contributed by atoms with van der Waals surface area (Å²) < 4.78 is 36.8. The average Bonchev–Trinajstić information content (AvgIpc) is 3.31. The van der Waals surface area contributed by atoms with Crippen LogP contribution in [0.4, 0.5) is 5.95 Å². The van der Waals surface area contributed by atoms with Crippen molar-refractivity contribution in [3.63, 3.8) is 0 Å². The van der Waals surface area contributed by atoms with Gasteiger partial charge in [-0.25, -0.2) is 10.1 Å². The van der Waals surface area contributed by atoms with Crippen LogP contribution in [0, 0.1) is 0 Å². The van der Waals surface area contributed by atoms with E-state index in [1.165, 1.54) is 24.7 Å². The summed E-state index contributed by atoms with van der Waals surface area (Å²) in [5.74, 6) is -0.0301. The Bertz CT molecular complexity index is 1120. The maximum Gasteiger partial charge on any atom is 0.327 e. The van der Waals surface area contributed by atoms with Crippen molar-refractivity contribution in [3.05, 3.63) is 6.33 Å². The first-order chi connectivity index (χ1) is 17.0. The topological polar surface area (TPSA) is 193 Å². The molecule has 1 aliphatic heterocycles. The largest absolute Gasteiger partial charge is 0.476 e. The van der Waals surface area contributed by atoms with Gasteiger partial charge in [0.05, 0.1) is 26.1 Å². The van der Waals surface area contributed by atoms with Gasteiger partial charge in [0.2, 0.25) is 11.8 Å². The number of nitrogen functional groups attached to an aromatic ring is 1. The molecule has 3 rings (SSSR count). The Morgan fingerprint density at radius 1 is 1.39 bits per heavy atom. The normalized spacial score (nSPS) is 26.6. The van der Waals surface area contributed by atoms with E-state index in [1.807, 2.05) is 0 Å². The summed E-state index contributed by atoms with van der Waals surface area (Å²) in [6, 6.07) is -0.887. The van der Waals surface area contributed by atoms with Gasteiger partial charge in [-0.05, 0) is 27.7 Å². The number of aromatic nitrogens is 4. The van der Waals surface area contributed by atoms with E-state index < -0.39 is 42.8 Å². The summed E-state index contributed by atoms with van der Waals surface area (Å²) in [5, 5.41) is 24.7. The summed E-state index contributed by atoms with van der Waals surface area (Å²) in [6.45, 7) is 4.72. The molecular weight excluding hydrogens is 515 g/mol. The first-order valence-electron chi connectivity index (χ1n) is 11.5. The van der Waals surface area contributed by atoms with Crippen LogP contribution in [0.2, 0.25) is 0 Å². The minimum atomic E-state index is -3.59. The van der Waals surface area contributed by atoms with Gasteiger partial charge in [-0.15, -0.1) is 0 Å². The monoisotopic (exact) mass is 548 g/mol. The lowest BCUT2D eigenvalue weighted by Crippen LogP contribution is -2.44. The molecule has 36 heavy (non-hydrogen) atoms. The number of nitrogens with one attached hydrogen (secondary N) is 1. The number of aliphatic hydroxyl groups is 2. The highest BCUT2D eigenvalue weighted by atomic mass is 32.7. The molecule has 1 fully saturated rings. The van der Waals surface area contributed by atoms with Crippen molar-refractivity contribution in [3.8, 4) is 5.88 Å². The number of esters is 1. The van der Waals surface area contributed by atoms with E-state index in [9.17, 15) is 19.6 Å². The maximum absolute atomic E-state index is 13.3. The molecule has 16 heteroatoms. The molecule has 0 saturated carbocycles. The van der Waals surface area contributed by atoms with Gasteiger partial charge in [-0.1, -0.05) is 18.3 Å². The molecule has 0 spiro atoms. The van der Waals surface area contributed by atoms with Gasteiger partial charge in [0, 0.05) is 5.75 Å². The standard InChI is InChI=1S/C20H33N6O8PS/c1-6-31-16-13-15(23-19(21)24-16)26(10-22-13)18-20(5,29)14(27)12(34-18)9-33-35(30,36-8-3)25-11(4)17(28)32-7-2/h10-12,14,18,27,29H,6-9H2,1-5H3,(H,25,30)(H2,21,23,24)/t11-,12+,14+,18+,20+,35+/m0/s1. The van der Waals surface area contributed by atoms with Crippen molar-refractivity contribution in [2.45, 2.75) is 64.7 Å². The Labute approximate surface area is 212 Å². The lowest BCUT2D eigenvalue weighted by atomic mass is 9.96. The highest BCUT2D eigenvalue weighted by molar-refractivity contribution is 8.56. The second-order valence-electron chi connectivity index (χ2n) is 8.16. The molecule has 0 aliphatic carbocycles. The molecular formula is C20H33N6O8PS. The Morgan fingerprint density at radius 2 is 2.11 bits per heavy atom. The fraction of sp³-hybridized carbons (Fsp3) is 0.700. The zero-order valence-corrected chi connectivity index (χ0v) is 22.5. The molecule has 0 amide bonds. The number of rotatable bonds is 12.